The molecule has 2 unspecified atom stereocenters. The Kier molecular flexibility index (Phi) is 15.4. The molecule has 2 heterocycles. The molecule has 310 valence electrons. The number of benzene rings is 3. The molecule has 0 spiro atoms. The van der Waals surface area contributed by atoms with E-state index in [1.54, 1.807) is 24.4 Å². The number of carboxylic acids is 1. The fourth-order valence-electron chi connectivity index (χ4n) is 7.02. The average Bonchev–Trinajstić information content (AvgIpc) is 3.60. The van der Waals surface area contributed by atoms with E-state index in [9.17, 15) is 25.1 Å². The minimum absolute atomic E-state index is 0.0556. The number of aliphatic hydroxyl groups is 1. The second-order valence-electron chi connectivity index (χ2n) is 14.6. The molecule has 60 heavy (non-hydrogen) atoms. The van der Waals surface area contributed by atoms with Crippen molar-refractivity contribution in [2.75, 3.05) is 20.2 Å². The molecule has 0 aliphatic heterocycles. The second kappa shape index (κ2) is 21.0. The number of nitrogens with zero attached hydrogens (tertiary/aromatic N) is 4. The Bertz CT molecular complexity index is 2470. The quantitative estimate of drug-likeness (QED) is 0.0503. The van der Waals surface area contributed by atoms with Crippen LogP contribution < -0.4 is 20.7 Å². The Morgan fingerprint density at radius 1 is 1.07 bits per heavy atom. The summed E-state index contributed by atoms with van der Waals surface area (Å²) in [6, 6.07) is 20.8. The maximum Gasteiger partial charge on any atom is 0.323 e. The van der Waals surface area contributed by atoms with E-state index in [1.165, 1.54) is 11.8 Å². The highest BCUT2D eigenvalue weighted by atomic mass is 35.5. The number of aliphatic carboxylic acids is 1. The molecular weight excluding hydrogens is 801 g/mol. The fraction of sp³-hybridized carbons (Fsp3) is 0.283. The van der Waals surface area contributed by atoms with Crippen molar-refractivity contribution in [3.8, 4) is 11.8 Å². The number of carbonyl (C=O) groups is 2. The number of nitriles is 1. The molecule has 0 amide bonds. The van der Waals surface area contributed by atoms with E-state index in [1.807, 2.05) is 30.1 Å². The van der Waals surface area contributed by atoms with Gasteiger partial charge in [-0.05, 0) is 78.9 Å². The third kappa shape index (κ3) is 10.9. The lowest BCUT2D eigenvalue weighted by atomic mass is 9.96. The van der Waals surface area contributed by atoms with Crippen LogP contribution in [-0.4, -0.2) is 69.5 Å². The molecule has 2 atom stereocenters. The number of nitrogens with one attached hydrogen (secondary N) is 3. The summed E-state index contributed by atoms with van der Waals surface area (Å²) in [6.07, 6.45) is 12.2. The number of hydrogen-bond acceptors (Lipinski definition) is 10. The van der Waals surface area contributed by atoms with Crippen LogP contribution >= 0.6 is 23.2 Å². The molecule has 5 aromatic rings. The van der Waals surface area contributed by atoms with Crippen LogP contribution in [0.15, 0.2) is 102 Å². The summed E-state index contributed by atoms with van der Waals surface area (Å²) in [4.78, 5) is 26.5. The number of ether oxygens (including phenoxy) is 1. The predicted molar refractivity (Wildman–Crippen MR) is 234 cm³/mol. The van der Waals surface area contributed by atoms with Gasteiger partial charge >= 0.3 is 5.97 Å². The number of aldehydes is 1. The average molecular weight is 849 g/mol. The Balaban J connectivity index is 1.26. The number of pyridine rings is 1. The van der Waals surface area contributed by atoms with Crippen LogP contribution in [0.25, 0.3) is 22.0 Å². The summed E-state index contributed by atoms with van der Waals surface area (Å²) in [5.41, 5.74) is 9.34. The van der Waals surface area contributed by atoms with E-state index in [0.29, 0.717) is 57.6 Å². The zero-order valence-corrected chi connectivity index (χ0v) is 34.9. The Hall–Kier alpha value is -5.65. The molecule has 0 saturated heterocycles. The first-order valence-corrected chi connectivity index (χ1v) is 20.4. The van der Waals surface area contributed by atoms with Gasteiger partial charge in [-0.1, -0.05) is 77.3 Å². The number of carbonyl (C=O) groups excluding carboxylic acids is 1. The van der Waals surface area contributed by atoms with Gasteiger partial charge < -0.3 is 30.4 Å². The number of aromatic nitrogens is 3. The Morgan fingerprint density at radius 2 is 1.88 bits per heavy atom. The molecule has 6 rings (SSSR count). The Labute approximate surface area is 359 Å². The summed E-state index contributed by atoms with van der Waals surface area (Å²) in [7, 11) is 1.91. The number of rotatable bonds is 20. The highest BCUT2D eigenvalue weighted by Gasteiger charge is 2.21. The molecule has 5 N–H and O–H groups in total. The lowest BCUT2D eigenvalue weighted by Gasteiger charge is -2.18. The summed E-state index contributed by atoms with van der Waals surface area (Å²) in [6.45, 7) is 3.41. The molecule has 1 aliphatic carbocycles. The normalized spacial score (nSPS) is 13.9. The van der Waals surface area contributed by atoms with Crippen molar-refractivity contribution in [1.82, 2.24) is 30.7 Å². The highest BCUT2D eigenvalue weighted by Crippen LogP contribution is 2.40. The zero-order chi connectivity index (χ0) is 42.6. The minimum Gasteiger partial charge on any atom is -0.489 e. The first kappa shape index (κ1) is 43.9. The molecule has 0 saturated carbocycles. The van der Waals surface area contributed by atoms with E-state index in [4.69, 9.17) is 33.0 Å². The molecule has 3 aromatic carbocycles. The van der Waals surface area contributed by atoms with Crippen LogP contribution in [0.2, 0.25) is 5.02 Å². The molecule has 1 aliphatic rings. The highest BCUT2D eigenvalue weighted by molar-refractivity contribution is 6.41. The van der Waals surface area contributed by atoms with Gasteiger partial charge in [0.2, 0.25) is 0 Å². The van der Waals surface area contributed by atoms with Gasteiger partial charge in [-0.3, -0.25) is 19.8 Å². The van der Waals surface area contributed by atoms with Crippen molar-refractivity contribution in [2.45, 2.75) is 64.5 Å². The topological polar surface area (TPSA) is 174 Å². The first-order valence-electron chi connectivity index (χ1n) is 19.6. The van der Waals surface area contributed by atoms with E-state index >= 15 is 0 Å². The smallest absolute Gasteiger partial charge is 0.323 e. The number of hydrogen-bond donors (Lipinski definition) is 5. The number of likely N-dealkylation sites (N-methyl/N-ethyl adjacent to an activating group) is 1. The maximum absolute atomic E-state index is 11.6. The second-order valence-corrected chi connectivity index (χ2v) is 15.4. The molecule has 2 aromatic heterocycles. The van der Waals surface area contributed by atoms with E-state index in [0.717, 1.165) is 64.4 Å². The molecule has 14 heteroatoms. The van der Waals surface area contributed by atoms with Crippen LogP contribution in [0.5, 0.6) is 5.75 Å². The van der Waals surface area contributed by atoms with Crippen LogP contribution in [-0.2, 0) is 35.8 Å². The van der Waals surface area contributed by atoms with Crippen molar-refractivity contribution in [2.24, 2.45) is 0 Å². The zero-order valence-electron chi connectivity index (χ0n) is 33.4. The third-order valence-corrected chi connectivity index (χ3v) is 11.1. The van der Waals surface area contributed by atoms with Gasteiger partial charge in [-0.25, -0.2) is 0 Å². The minimum atomic E-state index is -1.19. The van der Waals surface area contributed by atoms with Crippen LogP contribution in [0, 0.1) is 11.3 Å². The van der Waals surface area contributed by atoms with Crippen LogP contribution in [0.3, 0.4) is 0 Å². The van der Waals surface area contributed by atoms with Crippen LogP contribution in [0.1, 0.15) is 65.1 Å². The number of allylic oxidation sites excluding steroid dienone is 6. The van der Waals surface area contributed by atoms with Crippen molar-refractivity contribution in [1.29, 1.82) is 5.26 Å². The van der Waals surface area contributed by atoms with Crippen molar-refractivity contribution in [3.63, 3.8) is 0 Å². The molecular formula is C46H47Cl2N7O5. The number of halogens is 2. The summed E-state index contributed by atoms with van der Waals surface area (Å²) < 4.78 is 8.10. The summed E-state index contributed by atoms with van der Waals surface area (Å²) in [5.74, 6) is -0.746. The first-order chi connectivity index (χ1) is 29.1. The van der Waals surface area contributed by atoms with Gasteiger partial charge in [0.1, 0.15) is 30.8 Å². The van der Waals surface area contributed by atoms with Crippen molar-refractivity contribution < 1.29 is 24.5 Å². The molecule has 0 fully saturated rings. The number of fused-ring (bicyclic) bond motifs is 1. The lowest BCUT2D eigenvalue weighted by molar-refractivity contribution is -0.140. The van der Waals surface area contributed by atoms with Gasteiger partial charge in [0, 0.05) is 71.6 Å². The van der Waals surface area contributed by atoms with Crippen LogP contribution in [0.4, 0.5) is 0 Å². The van der Waals surface area contributed by atoms with Gasteiger partial charge in [-0.15, -0.1) is 0 Å². The van der Waals surface area contributed by atoms with Crippen molar-refractivity contribution in [3.05, 3.63) is 146 Å². The maximum atomic E-state index is 11.6. The van der Waals surface area contributed by atoms with Gasteiger partial charge in [0.15, 0.2) is 0 Å². The number of carboxylic acid groups (broad SMARTS) is 1. The summed E-state index contributed by atoms with van der Waals surface area (Å²) >= 11 is 14.2. The van der Waals surface area contributed by atoms with Gasteiger partial charge in [-0.2, -0.15) is 10.4 Å². The monoisotopic (exact) mass is 847 g/mol. The van der Waals surface area contributed by atoms with E-state index in [-0.39, 0.29) is 19.2 Å². The lowest BCUT2D eigenvalue weighted by Crippen LogP contribution is -2.39. The fourth-order valence-corrected chi connectivity index (χ4v) is 7.61. The van der Waals surface area contributed by atoms with Gasteiger partial charge in [0.25, 0.3) is 0 Å². The number of aliphatic hydroxyl groups excluding tert-OH is 1. The van der Waals surface area contributed by atoms with E-state index < -0.39 is 18.6 Å². The molecule has 0 radical (unpaired) electrons. The Morgan fingerprint density at radius 3 is 2.62 bits per heavy atom. The summed E-state index contributed by atoms with van der Waals surface area (Å²) in [5, 5.41) is 44.8. The van der Waals surface area contributed by atoms with Gasteiger partial charge in [0.05, 0.1) is 35.5 Å². The molecule has 12 nitrogen and oxygen atoms in total. The van der Waals surface area contributed by atoms with Crippen molar-refractivity contribution >= 4 is 57.5 Å². The third-order valence-electron chi connectivity index (χ3n) is 10.4. The van der Waals surface area contributed by atoms with E-state index in [2.05, 4.69) is 76.4 Å². The predicted octanol–water partition coefficient (Wildman–Crippen LogP) is 7.16. The largest absolute Gasteiger partial charge is 0.489 e. The molecule has 0 bridgehead atoms. The SMILES string of the molecule is CNC(CCC=O)CNCc1ccc(C2=C(Cl)C(c3cccc4c3cnn4Cc3cc(OCc4cncc(C#N)c4)c(CNC(CO)C(=O)O)cc3Cl)=CCC(C)=C2)cc1. The standard InChI is InChI=1S/C46H47Cl2N7O5/c1-29-8-13-38(45(48)39(15-29)33-11-9-30(10-12-33)20-52-24-36(50-2)5-4-14-56)37-6-3-7-43-40(37)25-54-55(43)26-35-18-44(60-28-32-16-31(19-49)21-51-22-32)34(17-41(35)47)23-53-42(27-57)46(58)59/h3,6-7,9-18,21-22,25,36,42,50,52-53,57H,4-5,8,20,23-24,26-28H2,1-2H3,(H,58,59).